The smallest absolute Gasteiger partial charge is 0.306 e. The van der Waals surface area contributed by atoms with Crippen LogP contribution in [0, 0.1) is 0 Å². The molecule has 0 radical (unpaired) electrons. The molecule has 6 heteroatoms. The Morgan fingerprint density at radius 3 is 0.795 bits per heavy atom. The predicted octanol–water partition coefficient (Wildman–Crippen LogP) is 24.8. The molecule has 0 saturated carbocycles. The number of carbonyl (C=O) groups excluding carboxylic acids is 3. The summed E-state index contributed by atoms with van der Waals surface area (Å²) in [5, 5.41) is 0. The Hall–Kier alpha value is -3.67. The molecule has 6 nitrogen and oxygen atoms in total. The molecule has 0 spiro atoms. The highest BCUT2D eigenvalue weighted by Gasteiger charge is 2.19. The Morgan fingerprint density at radius 1 is 0.253 bits per heavy atom. The topological polar surface area (TPSA) is 78.9 Å². The summed E-state index contributed by atoms with van der Waals surface area (Å²) < 4.78 is 16.9. The maximum absolute atomic E-state index is 12.9. The molecule has 0 bridgehead atoms. The van der Waals surface area contributed by atoms with E-state index >= 15 is 0 Å². The van der Waals surface area contributed by atoms with Gasteiger partial charge in [0, 0.05) is 19.3 Å². The SMILES string of the molecule is CC/C=C\C/C=C\C/C=C\C/C=C\CCCCC(=O)OCC(COC(=O)CCCCCCCCCCCCCCCCCCCCC/C=C\CCCCCCCCCC)OC(=O)CCCCCCCC/C=C\C/C=C\C/C=C\CCCCC. The number of unbranched alkanes of at least 4 members (excludes halogenated alkanes) is 38. The van der Waals surface area contributed by atoms with Crippen LogP contribution in [-0.2, 0) is 28.6 Å². The first kappa shape index (κ1) is 79.3. The summed E-state index contributed by atoms with van der Waals surface area (Å²) in [6.45, 7) is 6.49. The quantitative estimate of drug-likeness (QED) is 0.0261. The largest absolute Gasteiger partial charge is 0.462 e. The number of hydrogen-bond acceptors (Lipinski definition) is 6. The van der Waals surface area contributed by atoms with E-state index in [9.17, 15) is 14.4 Å². The highest BCUT2D eigenvalue weighted by atomic mass is 16.6. The highest BCUT2D eigenvalue weighted by Crippen LogP contribution is 2.17. The minimum absolute atomic E-state index is 0.0942. The number of hydrogen-bond donors (Lipinski definition) is 0. The molecule has 1 atom stereocenters. The summed E-state index contributed by atoms with van der Waals surface area (Å²) >= 11 is 0. The van der Waals surface area contributed by atoms with Crippen LogP contribution in [0.3, 0.4) is 0 Å². The van der Waals surface area contributed by atoms with E-state index in [2.05, 4.69) is 118 Å². The Bertz CT molecular complexity index is 1610. The van der Waals surface area contributed by atoms with Gasteiger partial charge in [-0.05, 0) is 122 Å². The van der Waals surface area contributed by atoms with Crippen molar-refractivity contribution in [1.82, 2.24) is 0 Å². The molecule has 0 amide bonds. The molecule has 1 unspecified atom stereocenters. The van der Waals surface area contributed by atoms with E-state index < -0.39 is 6.10 Å². The Labute approximate surface area is 515 Å². The van der Waals surface area contributed by atoms with Gasteiger partial charge in [0.15, 0.2) is 6.10 Å². The Kier molecular flexibility index (Phi) is 67.7. The lowest BCUT2D eigenvalue weighted by Crippen LogP contribution is -2.30. The molecule has 0 aromatic carbocycles. The molecule has 478 valence electrons. The van der Waals surface area contributed by atoms with Crippen molar-refractivity contribution in [3.8, 4) is 0 Å². The first-order valence-electron chi connectivity index (χ1n) is 35.7. The van der Waals surface area contributed by atoms with Crippen LogP contribution in [0.15, 0.2) is 97.2 Å². The van der Waals surface area contributed by atoms with Gasteiger partial charge in [-0.15, -0.1) is 0 Å². The molecule has 0 aliphatic carbocycles. The first-order chi connectivity index (χ1) is 41.0. The van der Waals surface area contributed by atoms with Gasteiger partial charge in [-0.25, -0.2) is 0 Å². The van der Waals surface area contributed by atoms with Crippen LogP contribution in [0.5, 0.6) is 0 Å². The fraction of sp³-hybridized carbons (Fsp3) is 0.753. The van der Waals surface area contributed by atoms with Crippen molar-refractivity contribution in [1.29, 1.82) is 0 Å². The normalized spacial score (nSPS) is 12.7. The van der Waals surface area contributed by atoms with Crippen LogP contribution in [0.1, 0.15) is 355 Å². The number of carbonyl (C=O) groups is 3. The van der Waals surface area contributed by atoms with Gasteiger partial charge in [-0.1, -0.05) is 311 Å². The van der Waals surface area contributed by atoms with Crippen LogP contribution in [-0.4, -0.2) is 37.2 Å². The molecular weight excluding hydrogens is 1020 g/mol. The molecular formula is C77H134O6. The van der Waals surface area contributed by atoms with Gasteiger partial charge >= 0.3 is 17.9 Å². The lowest BCUT2D eigenvalue weighted by atomic mass is 10.0. The predicted molar refractivity (Wildman–Crippen MR) is 362 cm³/mol. The van der Waals surface area contributed by atoms with E-state index in [0.29, 0.717) is 19.3 Å². The van der Waals surface area contributed by atoms with Crippen molar-refractivity contribution < 1.29 is 28.6 Å². The molecule has 0 aromatic heterocycles. The molecule has 0 heterocycles. The zero-order chi connectivity index (χ0) is 59.9. The average Bonchev–Trinajstić information content (AvgIpc) is 3.50. The maximum Gasteiger partial charge on any atom is 0.306 e. The summed E-state index contributed by atoms with van der Waals surface area (Å²) in [5.74, 6) is -0.936. The van der Waals surface area contributed by atoms with Crippen molar-refractivity contribution in [2.45, 2.75) is 361 Å². The summed E-state index contributed by atoms with van der Waals surface area (Å²) in [4.78, 5) is 38.4. The van der Waals surface area contributed by atoms with Crippen LogP contribution in [0.25, 0.3) is 0 Å². The second-order valence-corrected chi connectivity index (χ2v) is 23.8. The van der Waals surface area contributed by atoms with E-state index in [1.54, 1.807) is 0 Å². The lowest BCUT2D eigenvalue weighted by molar-refractivity contribution is -0.167. The second-order valence-electron chi connectivity index (χ2n) is 23.8. The van der Waals surface area contributed by atoms with Gasteiger partial charge in [0.25, 0.3) is 0 Å². The van der Waals surface area contributed by atoms with E-state index in [0.717, 1.165) is 109 Å². The molecule has 0 aliphatic rings. The Morgan fingerprint density at radius 2 is 0.470 bits per heavy atom. The average molecular weight is 1160 g/mol. The van der Waals surface area contributed by atoms with E-state index in [1.165, 1.54) is 205 Å². The molecule has 0 rings (SSSR count). The summed E-state index contributed by atoms with van der Waals surface area (Å²) in [5.41, 5.74) is 0. The summed E-state index contributed by atoms with van der Waals surface area (Å²) in [7, 11) is 0. The number of ether oxygens (including phenoxy) is 3. The zero-order valence-corrected chi connectivity index (χ0v) is 54.9. The van der Waals surface area contributed by atoms with Crippen molar-refractivity contribution in [2.24, 2.45) is 0 Å². The van der Waals surface area contributed by atoms with Gasteiger partial charge in [0.1, 0.15) is 13.2 Å². The number of rotatable bonds is 65. The minimum Gasteiger partial charge on any atom is -0.462 e. The summed E-state index contributed by atoms with van der Waals surface area (Å²) in [6, 6.07) is 0. The number of esters is 3. The number of allylic oxidation sites excluding steroid dienone is 16. The monoisotopic (exact) mass is 1160 g/mol. The van der Waals surface area contributed by atoms with E-state index in [1.807, 2.05) is 0 Å². The van der Waals surface area contributed by atoms with Crippen molar-refractivity contribution in [3.05, 3.63) is 97.2 Å². The molecule has 0 aromatic rings. The van der Waals surface area contributed by atoms with Crippen LogP contribution >= 0.6 is 0 Å². The van der Waals surface area contributed by atoms with E-state index in [4.69, 9.17) is 14.2 Å². The summed E-state index contributed by atoms with van der Waals surface area (Å²) in [6.07, 6.45) is 95.9. The second kappa shape index (κ2) is 70.8. The minimum atomic E-state index is -0.803. The van der Waals surface area contributed by atoms with Crippen LogP contribution in [0.4, 0.5) is 0 Å². The van der Waals surface area contributed by atoms with E-state index in [-0.39, 0.29) is 31.1 Å². The van der Waals surface area contributed by atoms with Crippen LogP contribution < -0.4 is 0 Å². The fourth-order valence-corrected chi connectivity index (χ4v) is 10.2. The van der Waals surface area contributed by atoms with Crippen molar-refractivity contribution >= 4 is 17.9 Å². The maximum atomic E-state index is 12.9. The third kappa shape index (κ3) is 69.0. The van der Waals surface area contributed by atoms with Gasteiger partial charge < -0.3 is 14.2 Å². The van der Waals surface area contributed by atoms with Crippen LogP contribution in [0.2, 0.25) is 0 Å². The zero-order valence-electron chi connectivity index (χ0n) is 54.9. The third-order valence-electron chi connectivity index (χ3n) is 15.5. The molecule has 0 N–H and O–H groups in total. The third-order valence-corrected chi connectivity index (χ3v) is 15.5. The van der Waals surface area contributed by atoms with Gasteiger partial charge in [-0.2, -0.15) is 0 Å². The Balaban J connectivity index is 4.26. The lowest BCUT2D eigenvalue weighted by Gasteiger charge is -2.18. The molecule has 83 heavy (non-hydrogen) atoms. The van der Waals surface area contributed by atoms with Gasteiger partial charge in [0.05, 0.1) is 0 Å². The molecule has 0 aliphatic heterocycles. The molecule has 0 saturated heterocycles. The fourth-order valence-electron chi connectivity index (χ4n) is 10.2. The first-order valence-corrected chi connectivity index (χ1v) is 35.7. The van der Waals surface area contributed by atoms with Gasteiger partial charge in [0.2, 0.25) is 0 Å². The molecule has 0 fully saturated rings. The highest BCUT2D eigenvalue weighted by molar-refractivity contribution is 5.71. The van der Waals surface area contributed by atoms with Gasteiger partial charge in [-0.3, -0.25) is 14.4 Å². The van der Waals surface area contributed by atoms with Crippen molar-refractivity contribution in [3.63, 3.8) is 0 Å². The van der Waals surface area contributed by atoms with Crippen molar-refractivity contribution in [2.75, 3.05) is 13.2 Å². The standard InChI is InChI=1S/C77H134O6/c1-4-7-10-13-16-19-22-25-28-30-32-33-34-35-36-37-38-39-40-41-42-43-45-46-49-52-55-58-61-64-67-70-76(79)82-73-74(72-81-75(78)69-66-63-60-57-54-51-48-27-24-21-18-15-12-9-6-3)83-77(80)71-68-65-62-59-56-53-50-47-44-31-29-26-23-20-17-14-11-8-5-2/h9,12,17-18,20-21,26-27,29-30,32,44,47-48,54,57,74H,4-8,10-11,13-16,19,22-25,28,31,33-43,45-46,49-53,55-56,58-73H2,1-3H3/b12-9-,20-17-,21-18-,29-26-,32-30-,47-44-,48-27-,57-54-.